The number of nitrogens with two attached hydrogens (primary N) is 1. The van der Waals surface area contributed by atoms with Crippen LogP contribution in [-0.2, 0) is 14.8 Å². The zero-order valence-electron chi connectivity index (χ0n) is 15.0. The third-order valence-corrected chi connectivity index (χ3v) is 7.43. The van der Waals surface area contributed by atoms with E-state index in [2.05, 4.69) is 0 Å². The molecule has 2 aliphatic heterocycles. The predicted molar refractivity (Wildman–Crippen MR) is 101 cm³/mol. The molecule has 0 aliphatic carbocycles. The first-order chi connectivity index (χ1) is 12.2. The minimum atomic E-state index is -3.71. The van der Waals surface area contributed by atoms with Crippen molar-refractivity contribution in [2.75, 3.05) is 23.9 Å². The smallest absolute Gasteiger partial charge is 0.265 e. The van der Waals surface area contributed by atoms with E-state index in [9.17, 15) is 13.2 Å². The first-order valence-electron chi connectivity index (χ1n) is 8.80. The van der Waals surface area contributed by atoms with Gasteiger partial charge < -0.3 is 10.6 Å². The Balaban J connectivity index is 1.66. The molecule has 1 atom stereocenters. The largest absolute Gasteiger partial charge is 0.340 e. The number of nitrogens with zero attached hydrogens (tertiary/aromatic N) is 2. The lowest BCUT2D eigenvalue weighted by Crippen LogP contribution is -2.55. The summed E-state index contributed by atoms with van der Waals surface area (Å²) in [6.07, 6.45) is 0.724. The van der Waals surface area contributed by atoms with Crippen molar-refractivity contribution in [3.63, 3.8) is 0 Å². The van der Waals surface area contributed by atoms with Gasteiger partial charge in [-0.2, -0.15) is 0 Å². The van der Waals surface area contributed by atoms with Crippen LogP contribution in [-0.4, -0.2) is 44.9 Å². The average Bonchev–Trinajstić information content (AvgIpc) is 2.81. The van der Waals surface area contributed by atoms with E-state index < -0.39 is 10.0 Å². The standard InChI is InChI=1S/C19H23N3O3S/c1-19(2)12-21(10-9-16(19)20)17(23)11-22-14-7-3-5-13-6-4-8-15(18(13)14)26(22,24)25/h3-8,16H,9-12,20H2,1-2H3. The second-order valence-electron chi connectivity index (χ2n) is 7.84. The van der Waals surface area contributed by atoms with Gasteiger partial charge in [0, 0.05) is 24.5 Å². The van der Waals surface area contributed by atoms with Crippen LogP contribution in [0.4, 0.5) is 5.69 Å². The number of benzene rings is 2. The highest BCUT2D eigenvalue weighted by Crippen LogP contribution is 2.42. The lowest BCUT2D eigenvalue weighted by molar-refractivity contribution is -0.132. The van der Waals surface area contributed by atoms with E-state index in [1.165, 1.54) is 4.31 Å². The molecule has 1 amide bonds. The monoisotopic (exact) mass is 373 g/mol. The van der Waals surface area contributed by atoms with E-state index in [4.69, 9.17) is 5.73 Å². The highest BCUT2D eigenvalue weighted by Gasteiger charge is 2.40. The molecule has 0 spiro atoms. The fourth-order valence-electron chi connectivity index (χ4n) is 3.94. The van der Waals surface area contributed by atoms with Gasteiger partial charge in [0.2, 0.25) is 5.91 Å². The van der Waals surface area contributed by atoms with Gasteiger partial charge in [-0.05, 0) is 29.4 Å². The maximum absolute atomic E-state index is 13.0. The SMILES string of the molecule is CC1(C)CN(C(=O)CN2c3cccc4cccc(c34)S2(=O)=O)CCC1N. The number of rotatable bonds is 2. The molecule has 2 aliphatic rings. The first kappa shape index (κ1) is 17.3. The molecule has 0 bridgehead atoms. The van der Waals surface area contributed by atoms with Gasteiger partial charge in [-0.3, -0.25) is 9.10 Å². The molecule has 1 unspecified atom stereocenters. The minimum absolute atomic E-state index is 0.0417. The van der Waals surface area contributed by atoms with Crippen molar-refractivity contribution in [1.29, 1.82) is 0 Å². The van der Waals surface area contributed by atoms with Crippen molar-refractivity contribution in [2.24, 2.45) is 11.1 Å². The summed E-state index contributed by atoms with van der Waals surface area (Å²) >= 11 is 0. The molecule has 7 heteroatoms. The molecule has 1 saturated heterocycles. The van der Waals surface area contributed by atoms with Gasteiger partial charge in [-0.15, -0.1) is 0 Å². The fraction of sp³-hybridized carbons (Fsp3) is 0.421. The van der Waals surface area contributed by atoms with E-state index in [0.29, 0.717) is 24.2 Å². The van der Waals surface area contributed by atoms with Gasteiger partial charge in [0.25, 0.3) is 10.0 Å². The van der Waals surface area contributed by atoms with E-state index in [1.807, 2.05) is 32.0 Å². The van der Waals surface area contributed by atoms with Crippen LogP contribution in [0.5, 0.6) is 0 Å². The van der Waals surface area contributed by atoms with E-state index in [1.54, 1.807) is 23.1 Å². The molecule has 0 saturated carbocycles. The summed E-state index contributed by atoms with van der Waals surface area (Å²) < 4.78 is 27.2. The number of carbonyl (C=O) groups is 1. The Hall–Kier alpha value is -2.12. The highest BCUT2D eigenvalue weighted by atomic mass is 32.2. The van der Waals surface area contributed by atoms with Crippen LogP contribution in [0.2, 0.25) is 0 Å². The highest BCUT2D eigenvalue weighted by molar-refractivity contribution is 7.93. The van der Waals surface area contributed by atoms with Crippen LogP contribution in [0.1, 0.15) is 20.3 Å². The maximum atomic E-state index is 13.0. The summed E-state index contributed by atoms with van der Waals surface area (Å²) in [5.41, 5.74) is 6.55. The number of piperidine rings is 1. The van der Waals surface area contributed by atoms with Crippen LogP contribution in [0.25, 0.3) is 10.8 Å². The Bertz CT molecular complexity index is 995. The maximum Gasteiger partial charge on any atom is 0.265 e. The summed E-state index contributed by atoms with van der Waals surface area (Å²) in [6.45, 7) is 5.01. The number of amides is 1. The summed E-state index contributed by atoms with van der Waals surface area (Å²) in [5, 5.41) is 1.56. The molecule has 4 rings (SSSR count). The summed E-state index contributed by atoms with van der Waals surface area (Å²) in [7, 11) is -3.71. The quantitative estimate of drug-likeness (QED) is 0.872. The van der Waals surface area contributed by atoms with Gasteiger partial charge in [0.1, 0.15) is 6.54 Å². The first-order valence-corrected chi connectivity index (χ1v) is 10.2. The third-order valence-electron chi connectivity index (χ3n) is 5.62. The van der Waals surface area contributed by atoms with Crippen molar-refractivity contribution < 1.29 is 13.2 Å². The van der Waals surface area contributed by atoms with Crippen LogP contribution in [0.3, 0.4) is 0 Å². The molecule has 2 N–H and O–H groups in total. The van der Waals surface area contributed by atoms with Gasteiger partial charge in [0.05, 0.1) is 10.6 Å². The van der Waals surface area contributed by atoms with Crippen LogP contribution < -0.4 is 10.0 Å². The van der Waals surface area contributed by atoms with Crippen molar-refractivity contribution in [1.82, 2.24) is 4.90 Å². The molecule has 2 aromatic rings. The normalized spacial score (nSPS) is 23.4. The zero-order chi connectivity index (χ0) is 18.7. The molecule has 138 valence electrons. The van der Waals surface area contributed by atoms with E-state index in [-0.39, 0.29) is 28.8 Å². The fourth-order valence-corrected chi connectivity index (χ4v) is 5.60. The van der Waals surface area contributed by atoms with Gasteiger partial charge >= 0.3 is 0 Å². The second-order valence-corrected chi connectivity index (χ2v) is 9.67. The Kier molecular flexibility index (Phi) is 3.79. The lowest BCUT2D eigenvalue weighted by Gasteiger charge is -2.43. The number of hydrogen-bond donors (Lipinski definition) is 1. The summed E-state index contributed by atoms with van der Waals surface area (Å²) in [6, 6.07) is 10.7. The Labute approximate surface area is 153 Å². The molecule has 0 radical (unpaired) electrons. The Morgan fingerprint density at radius 1 is 1.23 bits per heavy atom. The number of hydrogen-bond acceptors (Lipinski definition) is 4. The number of likely N-dealkylation sites (tertiary alicyclic amines) is 1. The zero-order valence-corrected chi connectivity index (χ0v) is 15.8. The van der Waals surface area contributed by atoms with Gasteiger partial charge in [0.15, 0.2) is 0 Å². The van der Waals surface area contributed by atoms with Gasteiger partial charge in [-0.25, -0.2) is 8.42 Å². The molecule has 2 heterocycles. The lowest BCUT2D eigenvalue weighted by atomic mass is 9.79. The van der Waals surface area contributed by atoms with Crippen molar-refractivity contribution in [3.8, 4) is 0 Å². The third kappa shape index (κ3) is 2.49. The Morgan fingerprint density at radius 3 is 2.62 bits per heavy atom. The predicted octanol–water partition coefficient (Wildman–Crippen LogP) is 1.93. The average molecular weight is 373 g/mol. The summed E-state index contributed by atoms with van der Waals surface area (Å²) in [4.78, 5) is 14.9. The molecule has 26 heavy (non-hydrogen) atoms. The Morgan fingerprint density at radius 2 is 1.92 bits per heavy atom. The van der Waals surface area contributed by atoms with E-state index >= 15 is 0 Å². The molecule has 0 aromatic heterocycles. The topological polar surface area (TPSA) is 83.7 Å². The van der Waals surface area contributed by atoms with Crippen LogP contribution in [0, 0.1) is 5.41 Å². The molecule has 2 aromatic carbocycles. The number of carbonyl (C=O) groups excluding carboxylic acids is 1. The molecular formula is C19H23N3O3S. The number of sulfonamides is 1. The molecular weight excluding hydrogens is 350 g/mol. The summed E-state index contributed by atoms with van der Waals surface area (Å²) in [5.74, 6) is -0.182. The van der Waals surface area contributed by atoms with E-state index in [0.717, 1.165) is 11.8 Å². The van der Waals surface area contributed by atoms with Crippen molar-refractivity contribution in [3.05, 3.63) is 36.4 Å². The molecule has 1 fully saturated rings. The van der Waals surface area contributed by atoms with Crippen LogP contribution in [0.15, 0.2) is 41.3 Å². The van der Waals surface area contributed by atoms with Crippen molar-refractivity contribution in [2.45, 2.75) is 31.2 Å². The minimum Gasteiger partial charge on any atom is -0.340 e. The second kappa shape index (κ2) is 5.69. The van der Waals surface area contributed by atoms with Gasteiger partial charge in [-0.1, -0.05) is 38.1 Å². The van der Waals surface area contributed by atoms with Crippen LogP contribution >= 0.6 is 0 Å². The number of anilines is 1. The molecule has 6 nitrogen and oxygen atoms in total. The van der Waals surface area contributed by atoms with Crippen molar-refractivity contribution >= 4 is 32.4 Å².